The number of amides is 1. The monoisotopic (exact) mass is 355 g/mol. The average Bonchev–Trinajstić information content (AvgIpc) is 3.12. The molecule has 1 aromatic carbocycles. The quantitative estimate of drug-likeness (QED) is 0.716. The maximum Gasteiger partial charge on any atom is 0.272 e. The van der Waals surface area contributed by atoms with Gasteiger partial charge in [0.2, 0.25) is 5.88 Å². The lowest BCUT2D eigenvalue weighted by Crippen LogP contribution is -2.49. The summed E-state index contributed by atoms with van der Waals surface area (Å²) in [6.07, 6.45) is 1.35. The van der Waals surface area contributed by atoms with Crippen LogP contribution in [0.25, 0.3) is 10.1 Å². The van der Waals surface area contributed by atoms with Gasteiger partial charge in [0, 0.05) is 37.6 Å². The van der Waals surface area contributed by atoms with Crippen LogP contribution in [0.4, 0.5) is 5.82 Å². The van der Waals surface area contributed by atoms with Gasteiger partial charge in [0.05, 0.1) is 11.8 Å². The summed E-state index contributed by atoms with van der Waals surface area (Å²) in [6, 6.07) is 9.81. The molecule has 0 unspecified atom stereocenters. The SMILES string of the molecule is COc1cc(C(=O)N2CCN(c3nsc4ccccc34)CC2)ncn1. The molecule has 0 bridgehead atoms. The van der Waals surface area contributed by atoms with Crippen molar-refractivity contribution in [3.8, 4) is 5.88 Å². The number of carbonyl (C=O) groups is 1. The molecule has 1 saturated heterocycles. The van der Waals surface area contributed by atoms with Crippen molar-refractivity contribution in [3.63, 3.8) is 0 Å². The van der Waals surface area contributed by atoms with E-state index in [9.17, 15) is 4.79 Å². The van der Waals surface area contributed by atoms with Crippen molar-refractivity contribution in [2.24, 2.45) is 0 Å². The van der Waals surface area contributed by atoms with Gasteiger partial charge in [-0.05, 0) is 23.7 Å². The summed E-state index contributed by atoms with van der Waals surface area (Å²) in [5.41, 5.74) is 0.361. The predicted molar refractivity (Wildman–Crippen MR) is 96.3 cm³/mol. The summed E-state index contributed by atoms with van der Waals surface area (Å²) in [6.45, 7) is 2.78. The number of piperazine rings is 1. The average molecular weight is 355 g/mol. The lowest BCUT2D eigenvalue weighted by molar-refractivity contribution is 0.0740. The number of ether oxygens (including phenoxy) is 1. The molecule has 0 N–H and O–H groups in total. The van der Waals surface area contributed by atoms with Crippen molar-refractivity contribution >= 4 is 33.3 Å². The van der Waals surface area contributed by atoms with E-state index in [0.29, 0.717) is 24.7 Å². The number of anilines is 1. The Morgan fingerprint density at radius 1 is 1.16 bits per heavy atom. The summed E-state index contributed by atoms with van der Waals surface area (Å²) >= 11 is 1.51. The first-order chi connectivity index (χ1) is 12.3. The molecule has 0 spiro atoms. The number of aromatic nitrogens is 3. The van der Waals surface area contributed by atoms with Crippen LogP contribution in [0.3, 0.4) is 0 Å². The first-order valence-corrected chi connectivity index (χ1v) is 8.78. The largest absolute Gasteiger partial charge is 0.481 e. The van der Waals surface area contributed by atoms with Gasteiger partial charge in [0.15, 0.2) is 0 Å². The van der Waals surface area contributed by atoms with Crippen LogP contribution >= 0.6 is 11.5 Å². The number of hydrogen-bond acceptors (Lipinski definition) is 7. The summed E-state index contributed by atoms with van der Waals surface area (Å²) < 4.78 is 10.8. The normalized spacial score (nSPS) is 14.8. The molecule has 25 heavy (non-hydrogen) atoms. The molecule has 7 nitrogen and oxygen atoms in total. The topological polar surface area (TPSA) is 71.5 Å². The summed E-state index contributed by atoms with van der Waals surface area (Å²) in [4.78, 5) is 24.7. The van der Waals surface area contributed by atoms with Crippen molar-refractivity contribution in [2.75, 3.05) is 38.2 Å². The van der Waals surface area contributed by atoms with Gasteiger partial charge < -0.3 is 14.5 Å². The standard InChI is InChI=1S/C17H17N5O2S/c1-24-15-10-13(18-11-19-15)17(23)22-8-6-21(7-9-22)16-12-4-2-3-5-14(12)25-20-16/h2-5,10-11H,6-9H2,1H3. The third-order valence-corrected chi connectivity index (χ3v) is 5.11. The zero-order valence-electron chi connectivity index (χ0n) is 13.8. The van der Waals surface area contributed by atoms with Crippen molar-refractivity contribution in [2.45, 2.75) is 0 Å². The Balaban J connectivity index is 1.47. The van der Waals surface area contributed by atoms with E-state index in [4.69, 9.17) is 4.74 Å². The Kier molecular flexibility index (Phi) is 4.19. The van der Waals surface area contributed by atoms with E-state index in [1.807, 2.05) is 17.0 Å². The minimum Gasteiger partial charge on any atom is -0.481 e. The predicted octanol–water partition coefficient (Wildman–Crippen LogP) is 2.06. The Morgan fingerprint density at radius 3 is 2.76 bits per heavy atom. The van der Waals surface area contributed by atoms with Gasteiger partial charge in [-0.25, -0.2) is 9.97 Å². The van der Waals surface area contributed by atoms with E-state index in [0.717, 1.165) is 18.9 Å². The highest BCUT2D eigenvalue weighted by atomic mass is 32.1. The van der Waals surface area contributed by atoms with Gasteiger partial charge in [-0.1, -0.05) is 12.1 Å². The van der Waals surface area contributed by atoms with E-state index in [2.05, 4.69) is 31.4 Å². The van der Waals surface area contributed by atoms with Crippen LogP contribution in [0.1, 0.15) is 10.5 Å². The molecule has 3 aromatic rings. The number of nitrogens with zero attached hydrogens (tertiary/aromatic N) is 5. The molecule has 0 aliphatic carbocycles. The fourth-order valence-corrected chi connectivity index (χ4v) is 3.75. The minimum absolute atomic E-state index is 0.0940. The van der Waals surface area contributed by atoms with Crippen LogP contribution in [0.15, 0.2) is 36.7 Å². The molecule has 1 aliphatic heterocycles. The van der Waals surface area contributed by atoms with Gasteiger partial charge in [-0.15, -0.1) is 0 Å². The van der Waals surface area contributed by atoms with Gasteiger partial charge in [0.1, 0.15) is 17.8 Å². The molecule has 0 saturated carbocycles. The number of rotatable bonds is 3. The molecule has 0 atom stereocenters. The summed E-state index contributed by atoms with van der Waals surface area (Å²) in [7, 11) is 1.52. The van der Waals surface area contributed by atoms with Crippen LogP contribution in [0.5, 0.6) is 5.88 Å². The molecule has 2 aromatic heterocycles. The third kappa shape index (κ3) is 3.00. The fraction of sp³-hybridized carbons (Fsp3) is 0.294. The van der Waals surface area contributed by atoms with E-state index in [-0.39, 0.29) is 5.91 Å². The third-order valence-electron chi connectivity index (χ3n) is 4.30. The van der Waals surface area contributed by atoms with Crippen LogP contribution < -0.4 is 9.64 Å². The number of hydrogen-bond donors (Lipinski definition) is 0. The number of benzene rings is 1. The molecular weight excluding hydrogens is 338 g/mol. The molecule has 1 aliphatic rings. The van der Waals surface area contributed by atoms with Crippen molar-refractivity contribution in [1.29, 1.82) is 0 Å². The second-order valence-corrected chi connectivity index (χ2v) is 6.53. The van der Waals surface area contributed by atoms with Gasteiger partial charge in [-0.3, -0.25) is 4.79 Å². The molecular formula is C17H17N5O2S. The van der Waals surface area contributed by atoms with Crippen molar-refractivity contribution < 1.29 is 9.53 Å². The Bertz CT molecular complexity index is 905. The maximum absolute atomic E-state index is 12.6. The Hall–Kier alpha value is -2.74. The lowest BCUT2D eigenvalue weighted by Gasteiger charge is -2.34. The van der Waals surface area contributed by atoms with Crippen LogP contribution in [0.2, 0.25) is 0 Å². The Morgan fingerprint density at radius 2 is 1.96 bits per heavy atom. The molecule has 1 fully saturated rings. The number of fused-ring (bicyclic) bond motifs is 1. The van der Waals surface area contributed by atoms with Crippen LogP contribution in [-0.2, 0) is 0 Å². The molecule has 1 amide bonds. The smallest absolute Gasteiger partial charge is 0.272 e. The lowest BCUT2D eigenvalue weighted by atomic mass is 10.2. The zero-order chi connectivity index (χ0) is 17.2. The number of carbonyl (C=O) groups excluding carboxylic acids is 1. The number of methoxy groups -OCH3 is 1. The highest BCUT2D eigenvalue weighted by molar-refractivity contribution is 7.13. The molecule has 4 rings (SSSR count). The van der Waals surface area contributed by atoms with E-state index in [1.54, 1.807) is 6.07 Å². The maximum atomic E-state index is 12.6. The van der Waals surface area contributed by atoms with Gasteiger partial charge >= 0.3 is 0 Å². The van der Waals surface area contributed by atoms with Crippen LogP contribution in [0, 0.1) is 0 Å². The van der Waals surface area contributed by atoms with E-state index < -0.39 is 0 Å². The zero-order valence-corrected chi connectivity index (χ0v) is 14.6. The van der Waals surface area contributed by atoms with Crippen molar-refractivity contribution in [3.05, 3.63) is 42.4 Å². The fourth-order valence-electron chi connectivity index (χ4n) is 2.95. The summed E-state index contributed by atoms with van der Waals surface area (Å²) in [5, 5.41) is 1.17. The molecule has 3 heterocycles. The highest BCUT2D eigenvalue weighted by Gasteiger charge is 2.25. The van der Waals surface area contributed by atoms with Crippen molar-refractivity contribution in [1.82, 2.24) is 19.2 Å². The summed E-state index contributed by atoms with van der Waals surface area (Å²) in [5.74, 6) is 1.31. The first-order valence-electron chi connectivity index (χ1n) is 8.01. The minimum atomic E-state index is -0.0940. The highest BCUT2D eigenvalue weighted by Crippen LogP contribution is 2.29. The van der Waals surface area contributed by atoms with E-state index in [1.165, 1.54) is 35.1 Å². The van der Waals surface area contributed by atoms with Crippen LogP contribution in [-0.4, -0.2) is 58.4 Å². The second-order valence-electron chi connectivity index (χ2n) is 5.73. The Labute approximate surface area is 149 Å². The second kappa shape index (κ2) is 6.64. The molecule has 8 heteroatoms. The first kappa shape index (κ1) is 15.8. The molecule has 0 radical (unpaired) electrons. The van der Waals surface area contributed by atoms with Gasteiger partial charge in [-0.2, -0.15) is 4.37 Å². The van der Waals surface area contributed by atoms with E-state index >= 15 is 0 Å². The van der Waals surface area contributed by atoms with Gasteiger partial charge in [0.25, 0.3) is 5.91 Å². The molecule has 128 valence electrons.